The van der Waals surface area contributed by atoms with Crippen molar-refractivity contribution in [1.29, 1.82) is 0 Å². The van der Waals surface area contributed by atoms with Crippen molar-refractivity contribution in [2.24, 2.45) is 0 Å². The average Bonchev–Trinajstić information content (AvgIpc) is 3.46. The highest BCUT2D eigenvalue weighted by Crippen LogP contribution is 2.37. The Morgan fingerprint density at radius 2 is 2.03 bits per heavy atom. The maximum Gasteiger partial charge on any atom is 0.187 e. The Labute approximate surface area is 173 Å². The largest absolute Gasteiger partial charge is 0.497 e. The summed E-state index contributed by atoms with van der Waals surface area (Å²) in [5, 5.41) is 13.0. The molecule has 0 fully saturated rings. The molecule has 154 valence electrons. The fraction of sp³-hybridized carbons (Fsp3) is 0.333. The Morgan fingerprint density at radius 3 is 2.77 bits per heavy atom. The van der Waals surface area contributed by atoms with Crippen molar-refractivity contribution in [2.75, 3.05) is 14.2 Å². The smallest absolute Gasteiger partial charge is 0.187 e. The monoisotopic (exact) mass is 406 g/mol. The van der Waals surface area contributed by atoms with E-state index in [1.54, 1.807) is 14.2 Å². The van der Waals surface area contributed by atoms with Crippen LogP contribution >= 0.6 is 0 Å². The number of fused-ring (bicyclic) bond motifs is 5. The highest BCUT2D eigenvalue weighted by Gasteiger charge is 2.28. The number of methoxy groups -OCH3 is 2. The van der Waals surface area contributed by atoms with Gasteiger partial charge < -0.3 is 18.6 Å². The van der Waals surface area contributed by atoms with Gasteiger partial charge in [0.2, 0.25) is 0 Å². The summed E-state index contributed by atoms with van der Waals surface area (Å²) in [5.74, 6) is 3.16. The Kier molecular flexibility index (Phi) is 4.39. The number of aromatic nitrogens is 6. The first-order valence-corrected chi connectivity index (χ1v) is 9.73. The van der Waals surface area contributed by atoms with Crippen molar-refractivity contribution in [3.8, 4) is 34.3 Å². The molecule has 0 saturated carbocycles. The zero-order valence-corrected chi connectivity index (χ0v) is 17.3. The molecule has 5 rings (SSSR count). The van der Waals surface area contributed by atoms with Gasteiger partial charge in [0.15, 0.2) is 17.4 Å². The second-order valence-electron chi connectivity index (χ2n) is 7.52. The Bertz CT molecular complexity index is 1220. The third kappa shape index (κ3) is 2.81. The van der Waals surface area contributed by atoms with Crippen LogP contribution in [0.3, 0.4) is 0 Å². The van der Waals surface area contributed by atoms with Crippen LogP contribution in [-0.4, -0.2) is 43.7 Å². The minimum Gasteiger partial charge on any atom is -0.497 e. The molecule has 1 aromatic carbocycles. The summed E-state index contributed by atoms with van der Waals surface area (Å²) >= 11 is 0. The predicted octanol–water partition coefficient (Wildman–Crippen LogP) is 3.43. The molecular formula is C21H22N6O3. The van der Waals surface area contributed by atoms with Crippen LogP contribution in [0.5, 0.6) is 5.75 Å². The Hall–Kier alpha value is -3.46. The zero-order valence-electron chi connectivity index (χ0n) is 17.3. The highest BCUT2D eigenvalue weighted by molar-refractivity contribution is 5.73. The van der Waals surface area contributed by atoms with Gasteiger partial charge in [-0.2, -0.15) is 0 Å². The molecule has 0 radical (unpaired) electrons. The predicted molar refractivity (Wildman–Crippen MR) is 109 cm³/mol. The molecule has 3 aromatic heterocycles. The van der Waals surface area contributed by atoms with Gasteiger partial charge in [-0.05, 0) is 24.1 Å². The summed E-state index contributed by atoms with van der Waals surface area (Å²) in [5.41, 5.74) is 4.47. The van der Waals surface area contributed by atoms with Gasteiger partial charge in [0.1, 0.15) is 24.4 Å². The second kappa shape index (κ2) is 7.10. The van der Waals surface area contributed by atoms with E-state index < -0.39 is 0 Å². The van der Waals surface area contributed by atoms with Crippen LogP contribution in [0.25, 0.3) is 28.5 Å². The van der Waals surface area contributed by atoms with Gasteiger partial charge in [0.25, 0.3) is 0 Å². The SMILES string of the molecule is COCc1nnc2n1Cc1c(-c3cc(C(C)C)no3)ncn1-c1ccc(OC)cc1-2. The molecule has 9 heteroatoms. The van der Waals surface area contributed by atoms with Crippen molar-refractivity contribution in [2.45, 2.75) is 32.9 Å². The Balaban J connectivity index is 1.73. The molecule has 4 aromatic rings. The lowest BCUT2D eigenvalue weighted by molar-refractivity contribution is 0.174. The summed E-state index contributed by atoms with van der Waals surface area (Å²) in [4.78, 5) is 4.67. The van der Waals surface area contributed by atoms with E-state index in [4.69, 9.17) is 14.0 Å². The van der Waals surface area contributed by atoms with E-state index in [-0.39, 0.29) is 5.92 Å². The zero-order chi connectivity index (χ0) is 20.8. The minimum atomic E-state index is 0.273. The van der Waals surface area contributed by atoms with E-state index in [1.165, 1.54) is 0 Å². The molecule has 0 unspecified atom stereocenters. The molecular weight excluding hydrogens is 384 g/mol. The van der Waals surface area contributed by atoms with E-state index in [9.17, 15) is 0 Å². The minimum absolute atomic E-state index is 0.273. The van der Waals surface area contributed by atoms with Crippen molar-refractivity contribution < 1.29 is 14.0 Å². The molecule has 0 bridgehead atoms. The van der Waals surface area contributed by atoms with Crippen molar-refractivity contribution in [3.05, 3.63) is 47.8 Å². The van der Waals surface area contributed by atoms with Gasteiger partial charge in [-0.3, -0.25) is 4.57 Å². The summed E-state index contributed by atoms with van der Waals surface area (Å²) in [6, 6.07) is 7.85. The fourth-order valence-corrected chi connectivity index (χ4v) is 3.73. The molecule has 0 aliphatic carbocycles. The van der Waals surface area contributed by atoms with Gasteiger partial charge in [0, 0.05) is 18.7 Å². The lowest BCUT2D eigenvalue weighted by atomic mass is 10.1. The molecule has 4 heterocycles. The van der Waals surface area contributed by atoms with Crippen LogP contribution in [0.4, 0.5) is 0 Å². The normalized spacial score (nSPS) is 12.4. The Morgan fingerprint density at radius 1 is 1.17 bits per heavy atom. The number of benzene rings is 1. The number of imidazole rings is 1. The summed E-state index contributed by atoms with van der Waals surface area (Å²) in [7, 11) is 3.30. The number of rotatable bonds is 5. The van der Waals surface area contributed by atoms with Crippen molar-refractivity contribution >= 4 is 0 Å². The maximum absolute atomic E-state index is 5.64. The van der Waals surface area contributed by atoms with Gasteiger partial charge in [-0.25, -0.2) is 4.98 Å². The topological polar surface area (TPSA) is 93.0 Å². The fourth-order valence-electron chi connectivity index (χ4n) is 3.73. The molecule has 0 N–H and O–H groups in total. The molecule has 0 spiro atoms. The summed E-state index contributed by atoms with van der Waals surface area (Å²) in [6.45, 7) is 5.04. The summed E-state index contributed by atoms with van der Waals surface area (Å²) < 4.78 is 20.5. The van der Waals surface area contributed by atoms with Crippen LogP contribution in [0.15, 0.2) is 35.1 Å². The number of nitrogens with zero attached hydrogens (tertiary/aromatic N) is 6. The van der Waals surface area contributed by atoms with E-state index >= 15 is 0 Å². The first-order chi connectivity index (χ1) is 14.6. The van der Waals surface area contributed by atoms with Crippen molar-refractivity contribution in [1.82, 2.24) is 29.5 Å². The van der Waals surface area contributed by atoms with Gasteiger partial charge in [0.05, 0.1) is 30.7 Å². The molecule has 1 aliphatic heterocycles. The van der Waals surface area contributed by atoms with Gasteiger partial charge in [-0.1, -0.05) is 19.0 Å². The molecule has 30 heavy (non-hydrogen) atoms. The van der Waals surface area contributed by atoms with E-state index in [0.717, 1.165) is 45.7 Å². The van der Waals surface area contributed by atoms with Crippen LogP contribution in [0.2, 0.25) is 0 Å². The van der Waals surface area contributed by atoms with E-state index in [1.807, 2.05) is 35.2 Å². The van der Waals surface area contributed by atoms with Crippen molar-refractivity contribution in [3.63, 3.8) is 0 Å². The molecule has 1 aliphatic rings. The number of ether oxygens (including phenoxy) is 2. The van der Waals surface area contributed by atoms with Crippen LogP contribution in [0.1, 0.15) is 37.0 Å². The molecule has 0 saturated heterocycles. The third-order valence-electron chi connectivity index (χ3n) is 5.33. The summed E-state index contributed by atoms with van der Waals surface area (Å²) in [6.07, 6.45) is 1.81. The first-order valence-electron chi connectivity index (χ1n) is 9.73. The third-order valence-corrected chi connectivity index (χ3v) is 5.33. The molecule has 0 amide bonds. The van der Waals surface area contributed by atoms with Crippen LogP contribution in [-0.2, 0) is 17.9 Å². The average molecular weight is 406 g/mol. The molecule has 9 nitrogen and oxygen atoms in total. The maximum atomic E-state index is 5.64. The highest BCUT2D eigenvalue weighted by atomic mass is 16.5. The van der Waals surface area contributed by atoms with Gasteiger partial charge >= 0.3 is 0 Å². The number of hydrogen-bond donors (Lipinski definition) is 0. The number of hydrogen-bond acceptors (Lipinski definition) is 7. The lowest BCUT2D eigenvalue weighted by Gasteiger charge is -2.10. The van der Waals surface area contributed by atoms with Crippen LogP contribution < -0.4 is 4.74 Å². The standard InChI is InChI=1S/C21H22N6O3/c1-12(2)15-8-18(30-25-15)20-17-9-26-19(10-28-3)23-24-21(26)14-7-13(29-4)5-6-16(14)27(17)11-22-20/h5-8,11-12H,9-10H2,1-4H3. The second-order valence-corrected chi connectivity index (χ2v) is 7.52. The van der Waals surface area contributed by atoms with E-state index in [2.05, 4.69) is 38.8 Å². The quantitative estimate of drug-likeness (QED) is 0.441. The van der Waals surface area contributed by atoms with Crippen LogP contribution in [0, 0.1) is 0 Å². The molecule has 0 atom stereocenters. The lowest BCUT2D eigenvalue weighted by Crippen LogP contribution is -2.08. The van der Waals surface area contributed by atoms with Gasteiger partial charge in [-0.15, -0.1) is 10.2 Å². The first kappa shape index (κ1) is 18.6. The van der Waals surface area contributed by atoms with E-state index in [0.29, 0.717) is 18.9 Å².